The highest BCUT2D eigenvalue weighted by molar-refractivity contribution is 6.35. The average Bonchev–Trinajstić information content (AvgIpc) is 2.14. The molecule has 4 heteroatoms. The van der Waals surface area contributed by atoms with Crippen molar-refractivity contribution in [3.05, 3.63) is 0 Å². The van der Waals surface area contributed by atoms with E-state index < -0.39 is 0 Å². The third-order valence-corrected chi connectivity index (χ3v) is 0.832. The summed E-state index contributed by atoms with van der Waals surface area (Å²) >= 11 is 0. The molecule has 0 unspecified atom stereocenters. The second kappa shape index (κ2) is 1.73. The van der Waals surface area contributed by atoms with Gasteiger partial charge in [0.1, 0.15) is 0 Å². The van der Waals surface area contributed by atoms with Crippen LogP contribution in [0.15, 0.2) is 5.10 Å². The van der Waals surface area contributed by atoms with Crippen molar-refractivity contribution in [1.82, 2.24) is 5.43 Å². The highest BCUT2D eigenvalue weighted by atomic mass is 16.2. The molecule has 1 rings (SSSR count). The van der Waals surface area contributed by atoms with E-state index in [1.807, 2.05) is 0 Å². The summed E-state index contributed by atoms with van der Waals surface area (Å²) in [5.41, 5.74) is 2.71. The van der Waals surface area contributed by atoms with Crippen LogP contribution in [0.3, 0.4) is 0 Å². The number of hydrazone groups is 1. The maximum atomic E-state index is 10.3. The fraction of sp³-hybridized carbons (Fsp3) is 0.250. The molecule has 2 N–H and O–H groups in total. The predicted octanol–water partition coefficient (Wildman–Crippen LogP) is -0.488. The van der Waals surface area contributed by atoms with Gasteiger partial charge in [-0.1, -0.05) is 0 Å². The molecule has 42 valence electrons. The van der Waals surface area contributed by atoms with Crippen molar-refractivity contribution >= 4 is 17.8 Å². The Hall–Kier alpha value is -1.19. The normalized spacial score (nSPS) is 17.5. The number of amides is 1. The van der Waals surface area contributed by atoms with Gasteiger partial charge in [0.25, 0.3) is 0 Å². The highest BCUT2D eigenvalue weighted by Crippen LogP contribution is 1.90. The predicted molar refractivity (Wildman–Crippen MR) is 29.0 cm³/mol. The topological polar surface area (TPSA) is 65.3 Å². The van der Waals surface area contributed by atoms with Crippen molar-refractivity contribution in [3.63, 3.8) is 0 Å². The lowest BCUT2D eigenvalue weighted by Gasteiger charge is -1.77. The fourth-order valence-corrected chi connectivity index (χ4v) is 0.461. The minimum Gasteiger partial charge on any atom is -0.307 e. The first-order valence-electron chi connectivity index (χ1n) is 2.19. The van der Waals surface area contributed by atoms with Crippen molar-refractivity contribution in [2.75, 3.05) is 0 Å². The summed E-state index contributed by atoms with van der Waals surface area (Å²) in [6.07, 6.45) is 1.32. The second-order valence-corrected chi connectivity index (χ2v) is 1.46. The minimum atomic E-state index is -0.136. The zero-order chi connectivity index (χ0) is 5.98. The van der Waals surface area contributed by atoms with Crippen molar-refractivity contribution in [3.8, 4) is 0 Å². The number of hydrogen-bond acceptors (Lipinski definition) is 3. The zero-order valence-electron chi connectivity index (χ0n) is 4.14. The van der Waals surface area contributed by atoms with Crippen LogP contribution in [-0.4, -0.2) is 17.8 Å². The Morgan fingerprint density at radius 3 is 2.88 bits per heavy atom. The SMILES string of the molecule is N=CC1=NNC(=O)C1. The Balaban J connectivity index is 2.61. The van der Waals surface area contributed by atoms with E-state index in [1.54, 1.807) is 0 Å². The van der Waals surface area contributed by atoms with Gasteiger partial charge in [0.05, 0.1) is 12.1 Å². The molecular formula is C4H5N3O. The monoisotopic (exact) mass is 111 g/mol. The van der Waals surface area contributed by atoms with E-state index in [0.29, 0.717) is 5.71 Å². The minimum absolute atomic E-state index is 0.136. The Labute approximate surface area is 46.1 Å². The molecule has 8 heavy (non-hydrogen) atoms. The van der Waals surface area contributed by atoms with Crippen molar-refractivity contribution < 1.29 is 4.79 Å². The van der Waals surface area contributed by atoms with E-state index in [-0.39, 0.29) is 12.3 Å². The number of hydrogen-bond donors (Lipinski definition) is 2. The van der Waals surface area contributed by atoms with Crippen LogP contribution in [0.2, 0.25) is 0 Å². The van der Waals surface area contributed by atoms with Gasteiger partial charge in [-0.15, -0.1) is 0 Å². The van der Waals surface area contributed by atoms with Crippen LogP contribution in [0, 0.1) is 5.41 Å². The summed E-state index contributed by atoms with van der Waals surface area (Å²) in [6, 6.07) is 0. The third kappa shape index (κ3) is 0.726. The number of carbonyl (C=O) groups excluding carboxylic acids is 1. The van der Waals surface area contributed by atoms with Crippen molar-refractivity contribution in [2.24, 2.45) is 5.10 Å². The Kier molecular flexibility index (Phi) is 1.07. The first-order chi connectivity index (χ1) is 3.83. The molecule has 0 saturated heterocycles. The largest absolute Gasteiger partial charge is 0.307 e. The van der Waals surface area contributed by atoms with Gasteiger partial charge >= 0.3 is 0 Å². The van der Waals surface area contributed by atoms with Crippen LogP contribution >= 0.6 is 0 Å². The maximum absolute atomic E-state index is 10.3. The van der Waals surface area contributed by atoms with E-state index >= 15 is 0 Å². The van der Waals surface area contributed by atoms with E-state index in [0.717, 1.165) is 6.21 Å². The van der Waals surface area contributed by atoms with E-state index in [4.69, 9.17) is 5.41 Å². The van der Waals surface area contributed by atoms with Crippen LogP contribution in [0.25, 0.3) is 0 Å². The van der Waals surface area contributed by atoms with Crippen molar-refractivity contribution in [1.29, 1.82) is 5.41 Å². The lowest BCUT2D eigenvalue weighted by Crippen LogP contribution is -2.09. The lowest BCUT2D eigenvalue weighted by molar-refractivity contribution is -0.119. The zero-order valence-corrected chi connectivity index (χ0v) is 4.14. The average molecular weight is 111 g/mol. The Morgan fingerprint density at radius 1 is 1.88 bits per heavy atom. The summed E-state index contributed by atoms with van der Waals surface area (Å²) in [4.78, 5) is 10.3. The summed E-state index contributed by atoms with van der Waals surface area (Å²) in [5, 5.41) is 10.2. The molecule has 4 nitrogen and oxygen atoms in total. The molecule has 0 aromatic carbocycles. The van der Waals surface area contributed by atoms with Crippen molar-refractivity contribution in [2.45, 2.75) is 6.42 Å². The molecule has 0 aromatic rings. The molecule has 0 aliphatic carbocycles. The quantitative estimate of drug-likeness (QED) is 0.440. The molecular weight excluding hydrogens is 106 g/mol. The Bertz CT molecular complexity index is 161. The van der Waals surface area contributed by atoms with Crippen LogP contribution in [0.4, 0.5) is 0 Å². The van der Waals surface area contributed by atoms with Gasteiger partial charge in [-0.05, 0) is 0 Å². The lowest BCUT2D eigenvalue weighted by atomic mass is 10.3. The molecule has 0 radical (unpaired) electrons. The molecule has 0 aromatic heterocycles. The van der Waals surface area contributed by atoms with E-state index in [2.05, 4.69) is 10.5 Å². The van der Waals surface area contributed by atoms with Gasteiger partial charge in [-0.2, -0.15) is 5.10 Å². The molecule has 1 aliphatic rings. The Morgan fingerprint density at radius 2 is 2.62 bits per heavy atom. The third-order valence-electron chi connectivity index (χ3n) is 0.832. The number of nitrogens with one attached hydrogen (secondary N) is 2. The molecule has 0 spiro atoms. The molecule has 0 fully saturated rings. The molecule has 0 bridgehead atoms. The summed E-state index contributed by atoms with van der Waals surface area (Å²) in [7, 11) is 0. The maximum Gasteiger partial charge on any atom is 0.246 e. The first-order valence-corrected chi connectivity index (χ1v) is 2.19. The summed E-state index contributed by atoms with van der Waals surface area (Å²) in [5.74, 6) is -0.136. The van der Waals surface area contributed by atoms with Gasteiger partial charge in [-0.25, -0.2) is 5.43 Å². The van der Waals surface area contributed by atoms with Gasteiger partial charge in [0.2, 0.25) is 5.91 Å². The molecule has 0 saturated carbocycles. The molecule has 1 aliphatic heterocycles. The van der Waals surface area contributed by atoms with E-state index in [9.17, 15) is 4.79 Å². The fourth-order valence-electron chi connectivity index (χ4n) is 0.461. The molecule has 0 atom stereocenters. The van der Waals surface area contributed by atoms with Gasteiger partial charge in [0.15, 0.2) is 0 Å². The van der Waals surface area contributed by atoms with Crippen LogP contribution in [0.5, 0.6) is 0 Å². The van der Waals surface area contributed by atoms with Crippen LogP contribution < -0.4 is 5.43 Å². The van der Waals surface area contributed by atoms with Gasteiger partial charge in [-0.3, -0.25) is 4.79 Å². The summed E-state index contributed by atoms with van der Waals surface area (Å²) < 4.78 is 0. The second-order valence-electron chi connectivity index (χ2n) is 1.46. The van der Waals surface area contributed by atoms with Gasteiger partial charge in [0, 0.05) is 6.21 Å². The molecule has 1 amide bonds. The smallest absolute Gasteiger partial charge is 0.246 e. The number of nitrogens with zero attached hydrogens (tertiary/aromatic N) is 1. The summed E-state index contributed by atoms with van der Waals surface area (Å²) in [6.45, 7) is 0. The number of rotatable bonds is 1. The van der Waals surface area contributed by atoms with E-state index in [1.165, 1.54) is 0 Å². The standard InChI is InChI=1S/C4H5N3O/c5-2-3-1-4(8)7-6-3/h2,5H,1H2,(H,7,8). The van der Waals surface area contributed by atoms with Crippen LogP contribution in [0.1, 0.15) is 6.42 Å². The molecule has 1 heterocycles. The first kappa shape index (κ1) is 4.96. The highest BCUT2D eigenvalue weighted by Gasteiger charge is 2.10. The number of carbonyl (C=O) groups is 1. The van der Waals surface area contributed by atoms with Crippen LogP contribution in [-0.2, 0) is 4.79 Å². The van der Waals surface area contributed by atoms with Gasteiger partial charge < -0.3 is 5.41 Å².